The van der Waals surface area contributed by atoms with Crippen molar-refractivity contribution in [1.29, 1.82) is 0 Å². The average molecular weight is 422 g/mol. The predicted octanol–water partition coefficient (Wildman–Crippen LogP) is 3.98. The number of carbonyl (C=O) groups excluding carboxylic acids is 1. The van der Waals surface area contributed by atoms with E-state index < -0.39 is 12.4 Å². The third-order valence-electron chi connectivity index (χ3n) is 4.40. The minimum absolute atomic E-state index is 0.133. The van der Waals surface area contributed by atoms with Crippen LogP contribution in [0.4, 0.5) is 18.9 Å². The Morgan fingerprint density at radius 1 is 1.20 bits per heavy atom. The molecule has 1 atom stereocenters. The fourth-order valence-electron chi connectivity index (χ4n) is 2.95. The number of nitrogens with zero attached hydrogens (tertiary/aromatic N) is 4. The van der Waals surface area contributed by atoms with Crippen molar-refractivity contribution in [3.8, 4) is 5.75 Å². The minimum Gasteiger partial charge on any atom is -0.493 e. The highest BCUT2D eigenvalue weighted by Gasteiger charge is 2.44. The van der Waals surface area contributed by atoms with Gasteiger partial charge < -0.3 is 4.74 Å². The number of carbonyl (C=O) groups is 1. The summed E-state index contributed by atoms with van der Waals surface area (Å²) in [5.74, 6) is 0.534. The number of hydrogen-bond donors (Lipinski definition) is 0. The van der Waals surface area contributed by atoms with Crippen LogP contribution >= 0.6 is 0 Å². The molecule has 1 aromatic heterocycles. The van der Waals surface area contributed by atoms with Crippen LogP contribution in [0.1, 0.15) is 40.7 Å². The Bertz CT molecular complexity index is 922. The van der Waals surface area contributed by atoms with Crippen molar-refractivity contribution in [3.05, 3.63) is 46.8 Å². The van der Waals surface area contributed by atoms with E-state index in [1.807, 2.05) is 13.8 Å². The maximum atomic E-state index is 12.7. The van der Waals surface area contributed by atoms with Crippen LogP contribution in [0.25, 0.3) is 0 Å². The molecule has 0 aliphatic carbocycles. The van der Waals surface area contributed by atoms with E-state index in [0.29, 0.717) is 36.6 Å². The molecule has 3 rings (SSSR count). The maximum absolute atomic E-state index is 12.7. The number of halogens is 3. The summed E-state index contributed by atoms with van der Waals surface area (Å²) in [6, 6.07) is 6.77. The lowest BCUT2D eigenvalue weighted by molar-refractivity contribution is -0.210. The van der Waals surface area contributed by atoms with E-state index in [-0.39, 0.29) is 5.78 Å². The number of hydrogen-bond acceptors (Lipinski definition) is 7. The Morgan fingerprint density at radius 3 is 2.43 bits per heavy atom. The van der Waals surface area contributed by atoms with Crippen LogP contribution in [0.15, 0.2) is 29.3 Å². The molecule has 0 N–H and O–H groups in total. The third kappa shape index (κ3) is 5.12. The number of Topliss-reactive ketones (excluding diaryl/α,β-unsaturated/α-hetero) is 1. The number of hydroxylamine groups is 1. The van der Waals surface area contributed by atoms with Crippen LogP contribution in [0.3, 0.4) is 0 Å². The topological polar surface area (TPSA) is 76.9 Å². The molecule has 0 bridgehead atoms. The Balaban J connectivity index is 1.56. The molecular formula is C20H21F3N4O3. The van der Waals surface area contributed by atoms with Crippen molar-refractivity contribution < 1.29 is 27.5 Å². The monoisotopic (exact) mass is 422 g/mol. The number of benzene rings is 1. The van der Waals surface area contributed by atoms with Gasteiger partial charge in [-0.1, -0.05) is 0 Å². The van der Waals surface area contributed by atoms with E-state index >= 15 is 0 Å². The number of alkyl halides is 3. The first-order chi connectivity index (χ1) is 14.1. The molecule has 0 amide bonds. The van der Waals surface area contributed by atoms with Gasteiger partial charge in [-0.3, -0.25) is 4.79 Å². The van der Waals surface area contributed by atoms with E-state index in [2.05, 4.69) is 15.2 Å². The summed E-state index contributed by atoms with van der Waals surface area (Å²) in [6.07, 6.45) is -4.41. The normalized spacial score (nSPS) is 16.2. The average Bonchev–Trinajstić information content (AvgIpc) is 3.18. The van der Waals surface area contributed by atoms with Gasteiger partial charge in [0.1, 0.15) is 17.8 Å². The maximum Gasteiger partial charge on any atom is 0.437 e. The highest BCUT2D eigenvalue weighted by atomic mass is 19.4. The van der Waals surface area contributed by atoms with E-state index in [4.69, 9.17) is 9.57 Å². The second-order valence-electron chi connectivity index (χ2n) is 6.92. The molecule has 1 aliphatic rings. The van der Waals surface area contributed by atoms with Crippen LogP contribution in [-0.4, -0.2) is 41.3 Å². The lowest BCUT2D eigenvalue weighted by Gasteiger charge is -2.20. The molecule has 0 saturated carbocycles. The lowest BCUT2D eigenvalue weighted by Crippen LogP contribution is -2.31. The molecule has 10 heteroatoms. The summed E-state index contributed by atoms with van der Waals surface area (Å²) in [6.45, 7) is 5.48. The first kappa shape index (κ1) is 21.7. The molecule has 1 aromatic carbocycles. The Kier molecular flexibility index (Phi) is 6.35. The quantitative estimate of drug-likeness (QED) is 0.496. The summed E-state index contributed by atoms with van der Waals surface area (Å²) in [4.78, 5) is 19.4. The summed E-state index contributed by atoms with van der Waals surface area (Å²) in [5, 5.41) is 8.90. The van der Waals surface area contributed by atoms with Crippen molar-refractivity contribution in [1.82, 2.24) is 10.2 Å². The van der Waals surface area contributed by atoms with Crippen molar-refractivity contribution in [2.75, 3.05) is 11.7 Å². The van der Waals surface area contributed by atoms with E-state index in [0.717, 1.165) is 28.2 Å². The largest absolute Gasteiger partial charge is 0.493 e. The molecule has 0 saturated heterocycles. The summed E-state index contributed by atoms with van der Waals surface area (Å²) < 4.78 is 44.0. The van der Waals surface area contributed by atoms with Crippen LogP contribution < -0.4 is 9.80 Å². The Hall–Kier alpha value is -3.01. The van der Waals surface area contributed by atoms with Crippen molar-refractivity contribution in [2.45, 2.75) is 46.0 Å². The first-order valence-corrected chi connectivity index (χ1v) is 9.29. The lowest BCUT2D eigenvalue weighted by atomic mass is 10.1. The summed E-state index contributed by atoms with van der Waals surface area (Å²) in [5.41, 5.74) is 3.06. The molecule has 2 aromatic rings. The van der Waals surface area contributed by atoms with Crippen molar-refractivity contribution in [2.24, 2.45) is 4.99 Å². The number of aryl methyl sites for hydroxylation is 3. The Labute approximate surface area is 171 Å². The first-order valence-electron chi connectivity index (χ1n) is 9.29. The molecule has 160 valence electrons. The van der Waals surface area contributed by atoms with E-state index in [1.165, 1.54) is 6.92 Å². The molecule has 0 radical (unpaired) electrons. The van der Waals surface area contributed by atoms with Gasteiger partial charge in [-0.05, 0) is 62.1 Å². The molecule has 1 unspecified atom stereocenters. The van der Waals surface area contributed by atoms with Crippen LogP contribution in [-0.2, 0) is 11.3 Å². The summed E-state index contributed by atoms with van der Waals surface area (Å²) >= 11 is 0. The zero-order chi connectivity index (χ0) is 21.9. The van der Waals surface area contributed by atoms with Gasteiger partial charge in [0.2, 0.25) is 0 Å². The van der Waals surface area contributed by atoms with Crippen LogP contribution in [0, 0.1) is 13.8 Å². The molecule has 0 spiro atoms. The molecular weight excluding hydrogens is 401 g/mol. The molecule has 1 aliphatic heterocycles. The molecule has 30 heavy (non-hydrogen) atoms. The highest BCUT2D eigenvalue weighted by Crippen LogP contribution is 2.33. The number of aliphatic imine (C=N–C) groups is 1. The van der Waals surface area contributed by atoms with Crippen molar-refractivity contribution in [3.63, 3.8) is 0 Å². The standard InChI is InChI=1S/C20H21F3N4O3/c1-12-9-16(27-11-24-19(30-27)20(21,22)23)10-13(2)18(12)29-8-4-5-15-6-7-17(14(3)28)26-25-15/h6-7,9-11,19H,4-5,8H2,1-3H3. The fourth-order valence-corrected chi connectivity index (χ4v) is 2.95. The molecule has 2 heterocycles. The zero-order valence-electron chi connectivity index (χ0n) is 16.7. The van der Waals surface area contributed by atoms with Crippen LogP contribution in [0.2, 0.25) is 0 Å². The van der Waals surface area contributed by atoms with E-state index in [9.17, 15) is 18.0 Å². The number of ketones is 1. The SMILES string of the molecule is CC(=O)c1ccc(CCCOc2c(C)cc(N3C=NC(C(F)(F)F)O3)cc2C)nn1. The third-order valence-corrected chi connectivity index (χ3v) is 4.40. The van der Waals surface area contributed by atoms with Gasteiger partial charge in [0.05, 0.1) is 18.0 Å². The summed E-state index contributed by atoms with van der Waals surface area (Å²) in [7, 11) is 0. The Morgan fingerprint density at radius 2 is 1.90 bits per heavy atom. The molecule has 0 fully saturated rings. The van der Waals surface area contributed by atoms with Gasteiger partial charge >= 0.3 is 6.18 Å². The van der Waals surface area contributed by atoms with E-state index in [1.54, 1.807) is 24.3 Å². The van der Waals surface area contributed by atoms with Crippen molar-refractivity contribution >= 4 is 17.8 Å². The smallest absolute Gasteiger partial charge is 0.437 e. The number of anilines is 1. The number of aromatic nitrogens is 2. The van der Waals surface area contributed by atoms with Gasteiger partial charge in [0.15, 0.2) is 5.78 Å². The zero-order valence-corrected chi connectivity index (χ0v) is 16.7. The fraction of sp³-hybridized carbons (Fsp3) is 0.400. The number of ether oxygens (including phenoxy) is 1. The predicted molar refractivity (Wildman–Crippen MR) is 104 cm³/mol. The van der Waals surface area contributed by atoms with Crippen LogP contribution in [0.5, 0.6) is 5.75 Å². The van der Waals surface area contributed by atoms with Gasteiger partial charge in [-0.25, -0.2) is 14.9 Å². The highest BCUT2D eigenvalue weighted by molar-refractivity contribution is 5.91. The van der Waals surface area contributed by atoms with Gasteiger partial charge in [-0.2, -0.15) is 18.3 Å². The second kappa shape index (κ2) is 8.78. The van der Waals surface area contributed by atoms with Gasteiger partial charge in [0, 0.05) is 6.92 Å². The second-order valence-corrected chi connectivity index (χ2v) is 6.92. The minimum atomic E-state index is -4.56. The number of rotatable bonds is 7. The molecule has 7 nitrogen and oxygen atoms in total. The van der Waals surface area contributed by atoms with Gasteiger partial charge in [-0.15, -0.1) is 5.10 Å². The van der Waals surface area contributed by atoms with Gasteiger partial charge in [0.25, 0.3) is 6.23 Å².